The summed E-state index contributed by atoms with van der Waals surface area (Å²) in [6.07, 6.45) is 1.74. The normalized spacial score (nSPS) is 13.5. The van der Waals surface area contributed by atoms with E-state index in [9.17, 15) is 4.79 Å². The first kappa shape index (κ1) is 18.2. The van der Waals surface area contributed by atoms with Gasteiger partial charge in [0.05, 0.1) is 12.7 Å². The minimum atomic E-state index is -0.289. The van der Waals surface area contributed by atoms with Crippen LogP contribution >= 0.6 is 0 Å². The number of anilines is 2. The molecule has 26 heavy (non-hydrogen) atoms. The molecule has 0 unspecified atom stereocenters. The lowest BCUT2D eigenvalue weighted by atomic mass is 9.97. The Hall–Kier alpha value is -2.63. The molecule has 3 rings (SSSR count). The Morgan fingerprint density at radius 2 is 2.08 bits per heavy atom. The number of hydrogen-bond donors (Lipinski definition) is 1. The standard InChI is InChI=1S/C20H26N4O2/c1-5-17-11-18(23-20(22-17)21-13(2)3)24-9-8-14-10-15(19(25)26-4)6-7-16(14)12-24/h6-7,10-11,13H,5,8-9,12H2,1-4H3,(H,21,22,23). The van der Waals surface area contributed by atoms with Crippen LogP contribution in [0.2, 0.25) is 0 Å². The van der Waals surface area contributed by atoms with E-state index in [4.69, 9.17) is 9.72 Å². The maximum absolute atomic E-state index is 11.7. The fraction of sp³-hybridized carbons (Fsp3) is 0.450. The van der Waals surface area contributed by atoms with Crippen molar-refractivity contribution in [2.45, 2.75) is 46.2 Å². The van der Waals surface area contributed by atoms with Crippen LogP contribution in [0.4, 0.5) is 11.8 Å². The van der Waals surface area contributed by atoms with Crippen molar-refractivity contribution < 1.29 is 9.53 Å². The van der Waals surface area contributed by atoms with Crippen LogP contribution in [0.15, 0.2) is 24.3 Å². The van der Waals surface area contributed by atoms with Crippen molar-refractivity contribution >= 4 is 17.7 Å². The van der Waals surface area contributed by atoms with Crippen molar-refractivity contribution in [2.24, 2.45) is 0 Å². The van der Waals surface area contributed by atoms with Crippen molar-refractivity contribution in [3.8, 4) is 0 Å². The van der Waals surface area contributed by atoms with Gasteiger partial charge in [-0.05, 0) is 49.9 Å². The molecule has 0 saturated heterocycles. The number of nitrogens with one attached hydrogen (secondary N) is 1. The van der Waals surface area contributed by atoms with Crippen LogP contribution in [0.3, 0.4) is 0 Å². The SMILES string of the molecule is CCc1cc(N2CCc3cc(C(=O)OC)ccc3C2)nc(NC(C)C)n1. The Labute approximate surface area is 154 Å². The lowest BCUT2D eigenvalue weighted by Crippen LogP contribution is -2.31. The molecule has 0 spiro atoms. The van der Waals surface area contributed by atoms with Gasteiger partial charge in [0, 0.05) is 30.9 Å². The molecule has 6 nitrogen and oxygen atoms in total. The number of benzene rings is 1. The predicted molar refractivity (Wildman–Crippen MR) is 103 cm³/mol. The van der Waals surface area contributed by atoms with Gasteiger partial charge in [0.25, 0.3) is 0 Å². The predicted octanol–water partition coefficient (Wildman–Crippen LogP) is 3.21. The van der Waals surface area contributed by atoms with E-state index in [1.807, 2.05) is 18.2 Å². The summed E-state index contributed by atoms with van der Waals surface area (Å²) in [6, 6.07) is 8.15. The summed E-state index contributed by atoms with van der Waals surface area (Å²) in [5.41, 5.74) is 4.07. The van der Waals surface area contributed by atoms with E-state index in [0.717, 1.165) is 37.4 Å². The first-order chi connectivity index (χ1) is 12.5. The number of fused-ring (bicyclic) bond motifs is 1. The first-order valence-electron chi connectivity index (χ1n) is 9.09. The average Bonchev–Trinajstić information content (AvgIpc) is 2.65. The van der Waals surface area contributed by atoms with Gasteiger partial charge in [-0.1, -0.05) is 13.0 Å². The molecule has 0 radical (unpaired) electrons. The Bertz CT molecular complexity index is 804. The van der Waals surface area contributed by atoms with Gasteiger partial charge in [0.15, 0.2) is 0 Å². The van der Waals surface area contributed by atoms with Gasteiger partial charge >= 0.3 is 5.97 Å². The Morgan fingerprint density at radius 3 is 2.77 bits per heavy atom. The van der Waals surface area contributed by atoms with Crippen molar-refractivity contribution in [1.82, 2.24) is 9.97 Å². The van der Waals surface area contributed by atoms with Crippen molar-refractivity contribution in [3.05, 3.63) is 46.6 Å². The molecule has 1 aromatic heterocycles. The molecule has 2 aromatic rings. The third-order valence-corrected chi connectivity index (χ3v) is 4.51. The maximum atomic E-state index is 11.7. The molecule has 0 aliphatic carbocycles. The minimum Gasteiger partial charge on any atom is -0.465 e. The fourth-order valence-corrected chi connectivity index (χ4v) is 3.14. The van der Waals surface area contributed by atoms with Crippen LogP contribution < -0.4 is 10.2 Å². The highest BCUT2D eigenvalue weighted by molar-refractivity contribution is 5.89. The summed E-state index contributed by atoms with van der Waals surface area (Å²) in [7, 11) is 1.41. The van der Waals surface area contributed by atoms with Crippen LogP contribution in [-0.2, 0) is 24.1 Å². The third-order valence-electron chi connectivity index (χ3n) is 4.51. The molecule has 0 atom stereocenters. The van der Waals surface area contributed by atoms with E-state index in [-0.39, 0.29) is 12.0 Å². The van der Waals surface area contributed by atoms with E-state index in [2.05, 4.69) is 42.0 Å². The molecule has 1 N–H and O–H groups in total. The van der Waals surface area contributed by atoms with Gasteiger partial charge in [-0.25, -0.2) is 9.78 Å². The zero-order valence-corrected chi connectivity index (χ0v) is 15.9. The molecule has 6 heteroatoms. The Morgan fingerprint density at radius 1 is 1.27 bits per heavy atom. The zero-order valence-electron chi connectivity index (χ0n) is 15.9. The molecule has 1 aliphatic rings. The summed E-state index contributed by atoms with van der Waals surface area (Å²) in [4.78, 5) is 23.3. The van der Waals surface area contributed by atoms with Crippen molar-refractivity contribution in [2.75, 3.05) is 23.9 Å². The quantitative estimate of drug-likeness (QED) is 0.832. The van der Waals surface area contributed by atoms with Gasteiger partial charge < -0.3 is 15.0 Å². The molecular weight excluding hydrogens is 328 g/mol. The molecule has 0 amide bonds. The number of ether oxygens (including phenoxy) is 1. The summed E-state index contributed by atoms with van der Waals surface area (Å²) < 4.78 is 4.81. The highest BCUT2D eigenvalue weighted by Gasteiger charge is 2.20. The number of nitrogens with zero attached hydrogens (tertiary/aromatic N) is 3. The monoisotopic (exact) mass is 354 g/mol. The second-order valence-corrected chi connectivity index (χ2v) is 6.84. The van der Waals surface area contributed by atoms with E-state index < -0.39 is 0 Å². The van der Waals surface area contributed by atoms with Crippen LogP contribution in [0.5, 0.6) is 0 Å². The number of esters is 1. The van der Waals surface area contributed by atoms with Crippen LogP contribution in [0.25, 0.3) is 0 Å². The van der Waals surface area contributed by atoms with Gasteiger partial charge in [-0.2, -0.15) is 4.98 Å². The van der Waals surface area contributed by atoms with Crippen LogP contribution in [0, 0.1) is 0 Å². The van der Waals surface area contributed by atoms with Gasteiger partial charge in [0.2, 0.25) is 5.95 Å². The summed E-state index contributed by atoms with van der Waals surface area (Å²) in [5, 5.41) is 3.30. The molecule has 1 aromatic carbocycles. The number of aromatic nitrogens is 2. The summed E-state index contributed by atoms with van der Waals surface area (Å²) in [5.74, 6) is 1.34. The van der Waals surface area contributed by atoms with E-state index in [1.54, 1.807) is 0 Å². The fourth-order valence-electron chi connectivity index (χ4n) is 3.14. The summed E-state index contributed by atoms with van der Waals surface area (Å²) in [6.45, 7) is 7.90. The lowest BCUT2D eigenvalue weighted by molar-refractivity contribution is 0.0600. The lowest BCUT2D eigenvalue weighted by Gasteiger charge is -2.30. The number of carbonyl (C=O) groups excluding carboxylic acids is 1. The number of rotatable bonds is 5. The second kappa shape index (κ2) is 7.72. The molecule has 0 bridgehead atoms. The van der Waals surface area contributed by atoms with E-state index in [1.165, 1.54) is 18.2 Å². The highest BCUT2D eigenvalue weighted by atomic mass is 16.5. The van der Waals surface area contributed by atoms with E-state index >= 15 is 0 Å². The number of carbonyl (C=O) groups is 1. The van der Waals surface area contributed by atoms with Crippen LogP contribution in [-0.4, -0.2) is 35.6 Å². The third kappa shape index (κ3) is 3.95. The second-order valence-electron chi connectivity index (χ2n) is 6.84. The van der Waals surface area contributed by atoms with Crippen LogP contribution in [0.1, 0.15) is 48.0 Å². The Kier molecular flexibility index (Phi) is 5.40. The largest absolute Gasteiger partial charge is 0.465 e. The number of aryl methyl sites for hydroxylation is 1. The van der Waals surface area contributed by atoms with Crippen molar-refractivity contribution in [1.29, 1.82) is 0 Å². The summed E-state index contributed by atoms with van der Waals surface area (Å²) >= 11 is 0. The number of methoxy groups -OCH3 is 1. The molecule has 0 saturated carbocycles. The van der Waals surface area contributed by atoms with E-state index in [0.29, 0.717) is 11.5 Å². The minimum absolute atomic E-state index is 0.286. The van der Waals surface area contributed by atoms with Gasteiger partial charge in [-0.3, -0.25) is 0 Å². The smallest absolute Gasteiger partial charge is 0.337 e. The number of hydrogen-bond acceptors (Lipinski definition) is 6. The van der Waals surface area contributed by atoms with Crippen molar-refractivity contribution in [3.63, 3.8) is 0 Å². The molecule has 1 aliphatic heterocycles. The average molecular weight is 354 g/mol. The first-order valence-corrected chi connectivity index (χ1v) is 9.09. The molecule has 0 fully saturated rings. The van der Waals surface area contributed by atoms with Gasteiger partial charge in [-0.15, -0.1) is 0 Å². The highest BCUT2D eigenvalue weighted by Crippen LogP contribution is 2.25. The molecule has 2 heterocycles. The molecule has 138 valence electrons. The maximum Gasteiger partial charge on any atom is 0.337 e. The topological polar surface area (TPSA) is 67.4 Å². The Balaban J connectivity index is 1.85. The van der Waals surface area contributed by atoms with Gasteiger partial charge in [0.1, 0.15) is 5.82 Å². The zero-order chi connectivity index (χ0) is 18.7. The molecular formula is C20H26N4O2.